The number of nitrogens with one attached hydrogen (secondary N) is 1. The van der Waals surface area contributed by atoms with Gasteiger partial charge in [0.15, 0.2) is 0 Å². The van der Waals surface area contributed by atoms with E-state index in [1.165, 1.54) is 0 Å². The molecule has 0 fully saturated rings. The van der Waals surface area contributed by atoms with E-state index in [4.69, 9.17) is 10.1 Å². The van der Waals surface area contributed by atoms with Gasteiger partial charge in [-0.3, -0.25) is 5.41 Å². The SMILES string of the molecule is COCC(=N)N(C)C. The smallest absolute Gasteiger partial charge is 0.122 e. The number of hydrogen-bond acceptors (Lipinski definition) is 2. The zero-order valence-electron chi connectivity index (χ0n) is 5.56. The van der Waals surface area contributed by atoms with Crippen LogP contribution in [0.25, 0.3) is 0 Å². The van der Waals surface area contributed by atoms with E-state index in [2.05, 4.69) is 0 Å². The van der Waals surface area contributed by atoms with Crippen molar-refractivity contribution in [3.8, 4) is 0 Å². The number of amidine groups is 1. The maximum atomic E-state index is 7.14. The van der Waals surface area contributed by atoms with Gasteiger partial charge in [0.2, 0.25) is 0 Å². The van der Waals surface area contributed by atoms with Crippen molar-refractivity contribution in [3.05, 3.63) is 0 Å². The van der Waals surface area contributed by atoms with E-state index in [1.807, 2.05) is 14.1 Å². The summed E-state index contributed by atoms with van der Waals surface area (Å²) >= 11 is 0. The lowest BCUT2D eigenvalue weighted by Gasteiger charge is -2.11. The number of likely N-dealkylation sites (N-methyl/N-ethyl adjacent to an activating group) is 1. The van der Waals surface area contributed by atoms with Crippen LogP contribution in [0.4, 0.5) is 0 Å². The molecule has 0 radical (unpaired) electrons. The van der Waals surface area contributed by atoms with Crippen LogP contribution in [-0.2, 0) is 4.74 Å². The van der Waals surface area contributed by atoms with Crippen molar-refractivity contribution in [2.75, 3.05) is 27.8 Å². The molecule has 0 unspecified atom stereocenters. The summed E-state index contributed by atoms with van der Waals surface area (Å²) in [7, 11) is 5.22. The predicted octanol–water partition coefficient (Wildman–Crippen LogP) is 0.172. The van der Waals surface area contributed by atoms with Crippen LogP contribution in [0.5, 0.6) is 0 Å². The minimum Gasteiger partial charge on any atom is -0.377 e. The van der Waals surface area contributed by atoms with E-state index in [9.17, 15) is 0 Å². The Balaban J connectivity index is 3.33. The fourth-order valence-corrected chi connectivity index (χ4v) is 0.266. The van der Waals surface area contributed by atoms with Crippen LogP contribution in [0.3, 0.4) is 0 Å². The molecular weight excluding hydrogens is 104 g/mol. The number of rotatable bonds is 2. The van der Waals surface area contributed by atoms with Crippen LogP contribution in [0.2, 0.25) is 0 Å². The van der Waals surface area contributed by atoms with Crippen LogP contribution in [0.1, 0.15) is 0 Å². The molecule has 0 saturated carbocycles. The minimum absolute atomic E-state index is 0.396. The molecule has 0 saturated heterocycles. The zero-order valence-corrected chi connectivity index (χ0v) is 5.56. The van der Waals surface area contributed by atoms with Crippen molar-refractivity contribution in [1.82, 2.24) is 4.90 Å². The summed E-state index contributed by atoms with van der Waals surface area (Å²) in [4.78, 5) is 1.71. The first-order valence-electron chi connectivity index (χ1n) is 2.42. The molecule has 0 spiro atoms. The molecule has 3 heteroatoms. The molecule has 0 aromatic carbocycles. The summed E-state index contributed by atoms with van der Waals surface area (Å²) in [5, 5.41) is 7.14. The number of hydrogen-bond donors (Lipinski definition) is 1. The fourth-order valence-electron chi connectivity index (χ4n) is 0.266. The molecule has 8 heavy (non-hydrogen) atoms. The van der Waals surface area contributed by atoms with Crippen LogP contribution < -0.4 is 0 Å². The number of ether oxygens (including phenoxy) is 1. The molecule has 1 N–H and O–H groups in total. The monoisotopic (exact) mass is 116 g/mol. The Hall–Kier alpha value is -0.570. The van der Waals surface area contributed by atoms with E-state index in [1.54, 1.807) is 12.0 Å². The summed E-state index contributed by atoms with van der Waals surface area (Å²) in [6.07, 6.45) is 0. The lowest BCUT2D eigenvalue weighted by atomic mass is 10.6. The topological polar surface area (TPSA) is 36.3 Å². The molecular formula is C5H12N2O. The van der Waals surface area contributed by atoms with Crippen LogP contribution >= 0.6 is 0 Å². The largest absolute Gasteiger partial charge is 0.377 e. The first kappa shape index (κ1) is 7.43. The third-order valence-corrected chi connectivity index (χ3v) is 0.821. The maximum Gasteiger partial charge on any atom is 0.122 e. The molecule has 0 heterocycles. The normalized spacial score (nSPS) is 8.88. The van der Waals surface area contributed by atoms with Crippen molar-refractivity contribution in [2.24, 2.45) is 0 Å². The average Bonchev–Trinajstić information content (AvgIpc) is 1.67. The highest BCUT2D eigenvalue weighted by Crippen LogP contribution is 1.77. The van der Waals surface area contributed by atoms with Gasteiger partial charge in [-0.25, -0.2) is 0 Å². The summed E-state index contributed by atoms with van der Waals surface area (Å²) in [6.45, 7) is 0.396. The molecule has 0 aliphatic heterocycles. The van der Waals surface area contributed by atoms with Gasteiger partial charge in [-0.05, 0) is 0 Å². The van der Waals surface area contributed by atoms with Crippen molar-refractivity contribution in [3.63, 3.8) is 0 Å². The summed E-state index contributed by atoms with van der Waals surface area (Å²) in [6, 6.07) is 0. The number of methoxy groups -OCH3 is 1. The molecule has 0 amide bonds. The Morgan fingerprint density at radius 3 is 2.25 bits per heavy atom. The second kappa shape index (κ2) is 3.43. The van der Waals surface area contributed by atoms with E-state index >= 15 is 0 Å². The van der Waals surface area contributed by atoms with E-state index < -0.39 is 0 Å². The van der Waals surface area contributed by atoms with Crippen LogP contribution in [-0.4, -0.2) is 38.5 Å². The first-order valence-corrected chi connectivity index (χ1v) is 2.42. The Bertz CT molecular complexity index is 80.5. The standard InChI is InChI=1S/C5H12N2O/c1-7(2)5(6)4-8-3/h6H,4H2,1-3H3. The van der Waals surface area contributed by atoms with Gasteiger partial charge in [0.1, 0.15) is 12.4 Å². The molecule has 0 aromatic rings. The predicted molar refractivity (Wildman–Crippen MR) is 33.3 cm³/mol. The van der Waals surface area contributed by atoms with Crippen molar-refractivity contribution in [1.29, 1.82) is 5.41 Å². The van der Waals surface area contributed by atoms with E-state index in [0.717, 1.165) is 0 Å². The average molecular weight is 116 g/mol. The quantitative estimate of drug-likeness (QED) is 0.412. The summed E-state index contributed by atoms with van der Waals surface area (Å²) < 4.78 is 4.70. The van der Waals surface area contributed by atoms with E-state index in [0.29, 0.717) is 12.4 Å². The minimum atomic E-state index is 0.396. The van der Waals surface area contributed by atoms with Gasteiger partial charge in [0.05, 0.1) is 0 Å². The zero-order chi connectivity index (χ0) is 6.57. The highest BCUT2D eigenvalue weighted by molar-refractivity contribution is 5.79. The molecule has 0 aliphatic carbocycles. The second-order valence-corrected chi connectivity index (χ2v) is 1.77. The van der Waals surface area contributed by atoms with Gasteiger partial charge in [-0.1, -0.05) is 0 Å². The summed E-state index contributed by atoms with van der Waals surface area (Å²) in [5.41, 5.74) is 0. The van der Waals surface area contributed by atoms with Crippen LogP contribution in [0, 0.1) is 5.41 Å². The lowest BCUT2D eigenvalue weighted by molar-refractivity contribution is 0.235. The molecule has 0 aliphatic rings. The molecule has 0 atom stereocenters. The van der Waals surface area contributed by atoms with Gasteiger partial charge < -0.3 is 9.64 Å². The van der Waals surface area contributed by atoms with Crippen molar-refractivity contribution in [2.45, 2.75) is 0 Å². The van der Waals surface area contributed by atoms with Gasteiger partial charge in [-0.15, -0.1) is 0 Å². The lowest BCUT2D eigenvalue weighted by Crippen LogP contribution is -2.24. The Kier molecular flexibility index (Phi) is 3.19. The molecule has 0 bridgehead atoms. The van der Waals surface area contributed by atoms with Gasteiger partial charge >= 0.3 is 0 Å². The Morgan fingerprint density at radius 2 is 2.12 bits per heavy atom. The van der Waals surface area contributed by atoms with Crippen LogP contribution in [0.15, 0.2) is 0 Å². The molecule has 0 aromatic heterocycles. The summed E-state index contributed by atoms with van der Waals surface area (Å²) in [5.74, 6) is 0.493. The third kappa shape index (κ3) is 2.58. The fraction of sp³-hybridized carbons (Fsp3) is 0.800. The van der Waals surface area contributed by atoms with Gasteiger partial charge in [0.25, 0.3) is 0 Å². The Morgan fingerprint density at radius 1 is 1.62 bits per heavy atom. The molecule has 3 nitrogen and oxygen atoms in total. The first-order chi connectivity index (χ1) is 3.68. The third-order valence-electron chi connectivity index (χ3n) is 0.821. The highest BCUT2D eigenvalue weighted by Gasteiger charge is 1.94. The molecule has 48 valence electrons. The maximum absolute atomic E-state index is 7.14. The highest BCUT2D eigenvalue weighted by atomic mass is 16.5. The van der Waals surface area contributed by atoms with Crippen molar-refractivity contribution >= 4 is 5.84 Å². The van der Waals surface area contributed by atoms with E-state index in [-0.39, 0.29) is 0 Å². The van der Waals surface area contributed by atoms with Gasteiger partial charge in [-0.2, -0.15) is 0 Å². The Labute approximate surface area is 49.8 Å². The second-order valence-electron chi connectivity index (χ2n) is 1.77. The van der Waals surface area contributed by atoms with Crippen molar-refractivity contribution < 1.29 is 4.74 Å². The number of nitrogens with zero attached hydrogens (tertiary/aromatic N) is 1. The van der Waals surface area contributed by atoms with Gasteiger partial charge in [0, 0.05) is 21.2 Å². The molecule has 0 rings (SSSR count).